The van der Waals surface area contributed by atoms with Gasteiger partial charge in [-0.3, -0.25) is 9.13 Å². The van der Waals surface area contributed by atoms with E-state index in [9.17, 15) is 4.79 Å². The summed E-state index contributed by atoms with van der Waals surface area (Å²) in [5, 5.41) is 12.3. The van der Waals surface area contributed by atoms with Gasteiger partial charge < -0.3 is 5.32 Å². The van der Waals surface area contributed by atoms with E-state index in [0.29, 0.717) is 5.56 Å². The van der Waals surface area contributed by atoms with Crippen molar-refractivity contribution in [3.05, 3.63) is 82.9 Å². The van der Waals surface area contributed by atoms with Crippen LogP contribution in [0, 0.1) is 11.3 Å². The van der Waals surface area contributed by atoms with Gasteiger partial charge in [0.2, 0.25) is 0 Å². The molecule has 1 fully saturated rings. The maximum Gasteiger partial charge on any atom is 0.335 e. The number of nitrogens with one attached hydrogen (secondary N) is 1. The first kappa shape index (κ1) is 19.9. The van der Waals surface area contributed by atoms with E-state index in [0.717, 1.165) is 47.5 Å². The lowest BCUT2D eigenvalue weighted by Gasteiger charge is -2.09. The van der Waals surface area contributed by atoms with Crippen molar-refractivity contribution in [1.82, 2.24) is 19.4 Å². The number of halogens is 1. The number of nitrogens with zero attached hydrogens (tertiary/aromatic N) is 4. The molecule has 1 saturated heterocycles. The summed E-state index contributed by atoms with van der Waals surface area (Å²) in [6, 6.07) is 21.5. The zero-order chi connectivity index (χ0) is 19.8. The van der Waals surface area contributed by atoms with Crippen LogP contribution in [0.1, 0.15) is 18.0 Å². The Balaban J connectivity index is 0.00000218. The SMILES string of the molecule is Cl.N#Cc1ccc(-c2ccc(-n3c(=O)n(C4CCNC4)c4ncccc43)cc2)cc1. The van der Waals surface area contributed by atoms with Crippen LogP contribution < -0.4 is 11.0 Å². The Morgan fingerprint density at radius 2 is 1.73 bits per heavy atom. The smallest absolute Gasteiger partial charge is 0.315 e. The molecule has 5 rings (SSSR count). The van der Waals surface area contributed by atoms with Crippen molar-refractivity contribution in [2.75, 3.05) is 13.1 Å². The summed E-state index contributed by atoms with van der Waals surface area (Å²) in [5.41, 5.74) is 5.00. The number of benzene rings is 2. The van der Waals surface area contributed by atoms with Gasteiger partial charge in [0.15, 0.2) is 5.65 Å². The molecule has 1 atom stereocenters. The Bertz CT molecular complexity index is 1280. The van der Waals surface area contributed by atoms with Gasteiger partial charge in [-0.05, 0) is 60.5 Å². The average Bonchev–Trinajstić information content (AvgIpc) is 3.39. The van der Waals surface area contributed by atoms with E-state index < -0.39 is 0 Å². The number of pyridine rings is 1. The van der Waals surface area contributed by atoms with Crippen LogP contribution >= 0.6 is 12.4 Å². The summed E-state index contributed by atoms with van der Waals surface area (Å²) < 4.78 is 3.56. The van der Waals surface area contributed by atoms with Crippen molar-refractivity contribution < 1.29 is 0 Å². The van der Waals surface area contributed by atoms with Crippen molar-refractivity contribution in [2.45, 2.75) is 12.5 Å². The van der Waals surface area contributed by atoms with Crippen molar-refractivity contribution in [1.29, 1.82) is 5.26 Å². The van der Waals surface area contributed by atoms with Gasteiger partial charge in [-0.1, -0.05) is 24.3 Å². The van der Waals surface area contributed by atoms with Gasteiger partial charge in [-0.2, -0.15) is 5.26 Å². The lowest BCUT2D eigenvalue weighted by atomic mass is 10.0. The van der Waals surface area contributed by atoms with E-state index in [1.54, 1.807) is 10.8 Å². The topological polar surface area (TPSA) is 75.6 Å². The Hall–Kier alpha value is -3.40. The van der Waals surface area contributed by atoms with Crippen LogP contribution in [-0.2, 0) is 0 Å². The maximum atomic E-state index is 13.3. The molecular weight excluding hydrogens is 398 g/mol. The molecule has 3 heterocycles. The summed E-state index contributed by atoms with van der Waals surface area (Å²) in [6.45, 7) is 1.70. The predicted octanol–water partition coefficient (Wildman–Crippen LogP) is 3.68. The van der Waals surface area contributed by atoms with Gasteiger partial charge in [0.25, 0.3) is 0 Å². The zero-order valence-electron chi connectivity index (χ0n) is 16.2. The van der Waals surface area contributed by atoms with E-state index in [1.807, 2.05) is 65.2 Å². The molecule has 150 valence electrons. The predicted molar refractivity (Wildman–Crippen MR) is 119 cm³/mol. The fourth-order valence-electron chi connectivity index (χ4n) is 4.03. The van der Waals surface area contributed by atoms with Gasteiger partial charge in [0.05, 0.1) is 28.9 Å². The molecule has 4 aromatic rings. The van der Waals surface area contributed by atoms with E-state index in [1.165, 1.54) is 0 Å². The summed E-state index contributed by atoms with van der Waals surface area (Å²) in [4.78, 5) is 17.8. The fourth-order valence-corrected chi connectivity index (χ4v) is 4.03. The minimum absolute atomic E-state index is 0. The van der Waals surface area contributed by atoms with Crippen LogP contribution in [0.4, 0.5) is 0 Å². The minimum atomic E-state index is -0.0569. The summed E-state index contributed by atoms with van der Waals surface area (Å²) >= 11 is 0. The molecule has 30 heavy (non-hydrogen) atoms. The molecule has 6 nitrogen and oxygen atoms in total. The highest BCUT2D eigenvalue weighted by Gasteiger charge is 2.24. The Morgan fingerprint density at radius 3 is 2.37 bits per heavy atom. The molecule has 0 aliphatic carbocycles. The van der Waals surface area contributed by atoms with E-state index >= 15 is 0 Å². The number of hydrogen-bond donors (Lipinski definition) is 1. The van der Waals surface area contributed by atoms with Gasteiger partial charge in [0, 0.05) is 12.7 Å². The van der Waals surface area contributed by atoms with Gasteiger partial charge in [-0.15, -0.1) is 12.4 Å². The van der Waals surface area contributed by atoms with Crippen LogP contribution in [0.15, 0.2) is 71.7 Å². The van der Waals surface area contributed by atoms with Crippen LogP contribution in [0.25, 0.3) is 28.0 Å². The quantitative estimate of drug-likeness (QED) is 0.551. The molecule has 1 unspecified atom stereocenters. The lowest BCUT2D eigenvalue weighted by Crippen LogP contribution is -2.28. The number of rotatable bonds is 3. The van der Waals surface area contributed by atoms with Gasteiger partial charge in [0.1, 0.15) is 0 Å². The number of fused-ring (bicyclic) bond motifs is 1. The van der Waals surface area contributed by atoms with Crippen molar-refractivity contribution in [3.8, 4) is 22.9 Å². The standard InChI is InChI=1S/C23H19N5O.ClH/c24-14-16-3-5-17(6-4-16)18-7-9-19(10-8-18)27-21-2-1-12-26-22(21)28(23(27)29)20-11-13-25-15-20;/h1-10,12,20,25H,11,13,15H2;1H. The highest BCUT2D eigenvalue weighted by atomic mass is 35.5. The number of imidazole rings is 1. The van der Waals surface area contributed by atoms with Crippen molar-refractivity contribution in [2.24, 2.45) is 0 Å². The first-order valence-corrected chi connectivity index (χ1v) is 9.66. The fraction of sp³-hybridized carbons (Fsp3) is 0.174. The molecule has 1 aliphatic heterocycles. The highest BCUT2D eigenvalue weighted by Crippen LogP contribution is 2.25. The first-order chi connectivity index (χ1) is 14.3. The summed E-state index contributed by atoms with van der Waals surface area (Å²) in [7, 11) is 0. The Morgan fingerprint density at radius 1 is 1.03 bits per heavy atom. The monoisotopic (exact) mass is 417 g/mol. The van der Waals surface area contributed by atoms with Gasteiger partial charge in [-0.25, -0.2) is 9.78 Å². The molecular formula is C23H20ClN5O. The van der Waals surface area contributed by atoms with E-state index in [4.69, 9.17) is 5.26 Å². The second kappa shape index (κ2) is 8.15. The lowest BCUT2D eigenvalue weighted by molar-refractivity contribution is 0.537. The molecule has 1 aliphatic rings. The number of nitriles is 1. The van der Waals surface area contributed by atoms with Crippen LogP contribution in [0.5, 0.6) is 0 Å². The molecule has 1 N–H and O–H groups in total. The largest absolute Gasteiger partial charge is 0.335 e. The average molecular weight is 418 g/mol. The third-order valence-corrected chi connectivity index (χ3v) is 5.50. The molecule has 2 aromatic heterocycles. The van der Waals surface area contributed by atoms with Crippen LogP contribution in [-0.4, -0.2) is 27.2 Å². The molecule has 0 spiro atoms. The number of hydrogen-bond acceptors (Lipinski definition) is 4. The second-order valence-electron chi connectivity index (χ2n) is 7.22. The third-order valence-electron chi connectivity index (χ3n) is 5.50. The summed E-state index contributed by atoms with van der Waals surface area (Å²) in [6.07, 6.45) is 2.66. The highest BCUT2D eigenvalue weighted by molar-refractivity contribution is 5.85. The Labute approximate surface area is 179 Å². The maximum absolute atomic E-state index is 13.3. The Kier molecular flexibility index (Phi) is 5.40. The number of aromatic nitrogens is 3. The second-order valence-corrected chi connectivity index (χ2v) is 7.22. The molecule has 0 bridgehead atoms. The molecule has 0 radical (unpaired) electrons. The van der Waals surface area contributed by atoms with Gasteiger partial charge >= 0.3 is 5.69 Å². The third kappa shape index (κ3) is 3.28. The molecule has 0 saturated carbocycles. The van der Waals surface area contributed by atoms with E-state index in [-0.39, 0.29) is 24.1 Å². The molecule has 2 aromatic carbocycles. The van der Waals surface area contributed by atoms with E-state index in [2.05, 4.69) is 16.4 Å². The first-order valence-electron chi connectivity index (χ1n) is 9.66. The van der Waals surface area contributed by atoms with Crippen LogP contribution in [0.3, 0.4) is 0 Å². The van der Waals surface area contributed by atoms with Crippen molar-refractivity contribution in [3.63, 3.8) is 0 Å². The minimum Gasteiger partial charge on any atom is -0.315 e. The molecule has 0 amide bonds. The molecule has 7 heteroatoms. The zero-order valence-corrected chi connectivity index (χ0v) is 17.0. The normalized spacial score (nSPS) is 15.6. The summed E-state index contributed by atoms with van der Waals surface area (Å²) in [5.74, 6) is 0. The van der Waals surface area contributed by atoms with Crippen molar-refractivity contribution >= 4 is 23.6 Å². The van der Waals surface area contributed by atoms with Crippen LogP contribution in [0.2, 0.25) is 0 Å².